The van der Waals surface area contributed by atoms with E-state index in [1.807, 2.05) is 0 Å². The van der Waals surface area contributed by atoms with Gasteiger partial charge in [-0.3, -0.25) is 9.59 Å². The summed E-state index contributed by atoms with van der Waals surface area (Å²) in [6, 6.07) is 0. The minimum absolute atomic E-state index is 0.0331. The van der Waals surface area contributed by atoms with Gasteiger partial charge in [0.25, 0.3) is 0 Å². The summed E-state index contributed by atoms with van der Waals surface area (Å²) in [5.74, 6) is 0.474. The minimum Gasteiger partial charge on any atom is -0.500 e. The minimum atomic E-state index is -2.00. The molecule has 29 heavy (non-hydrogen) atoms. The number of ether oxygens (including phenoxy) is 1. The Hall–Kier alpha value is -1.42. The second-order valence-corrected chi connectivity index (χ2v) is 16.1. The second-order valence-electron chi connectivity index (χ2n) is 11.1. The van der Waals surface area contributed by atoms with Crippen LogP contribution in [0.1, 0.15) is 60.8 Å². The van der Waals surface area contributed by atoms with Gasteiger partial charge in [0.05, 0.1) is 26.5 Å². The Bertz CT molecular complexity index is 783. The Morgan fingerprint density at radius 2 is 1.62 bits per heavy atom. The lowest BCUT2D eigenvalue weighted by Crippen LogP contribution is -2.61. The maximum Gasteiger partial charge on any atom is 0.169 e. The summed E-state index contributed by atoms with van der Waals surface area (Å²) in [6.45, 7) is 19.2. The molecule has 0 unspecified atom stereocenters. The first-order valence-corrected chi connectivity index (χ1v) is 14.3. The van der Waals surface area contributed by atoms with Crippen molar-refractivity contribution in [2.45, 2.75) is 80.4 Å². The maximum atomic E-state index is 13.9. The monoisotopic (exact) mass is 416 g/mol. The van der Waals surface area contributed by atoms with E-state index in [0.29, 0.717) is 12.2 Å². The van der Waals surface area contributed by atoms with Gasteiger partial charge in [-0.15, -0.1) is 0 Å². The molecule has 1 fully saturated rings. The lowest BCUT2D eigenvalue weighted by Gasteiger charge is -2.55. The first-order chi connectivity index (χ1) is 13.2. The van der Waals surface area contributed by atoms with E-state index < -0.39 is 19.4 Å². The van der Waals surface area contributed by atoms with E-state index in [-0.39, 0.29) is 22.9 Å². The topological polar surface area (TPSA) is 43.4 Å². The fraction of sp³-hybridized carbons (Fsp3) is 0.680. The molecular weight excluding hydrogens is 376 g/mol. The maximum absolute atomic E-state index is 13.9. The first-order valence-electron chi connectivity index (χ1n) is 10.8. The molecule has 4 heteroatoms. The summed E-state index contributed by atoms with van der Waals surface area (Å²) in [4.78, 5) is 27.7. The summed E-state index contributed by atoms with van der Waals surface area (Å²) in [6.07, 6.45) is 6.67. The number of ketones is 2. The number of rotatable bonds is 6. The number of hydrogen-bond acceptors (Lipinski definition) is 3. The average molecular weight is 417 g/mol. The lowest BCUT2D eigenvalue weighted by atomic mass is 9.48. The van der Waals surface area contributed by atoms with E-state index in [4.69, 9.17) is 4.74 Å². The molecule has 3 nitrogen and oxygen atoms in total. The molecule has 1 saturated carbocycles. The molecule has 2 aliphatic rings. The predicted molar refractivity (Wildman–Crippen MR) is 123 cm³/mol. The molecule has 0 aromatic rings. The summed E-state index contributed by atoms with van der Waals surface area (Å²) in [5, 5.41) is 0.848. The highest BCUT2D eigenvalue weighted by Gasteiger charge is 2.64. The molecule has 3 atom stereocenters. The molecule has 0 spiro atoms. The van der Waals surface area contributed by atoms with E-state index in [9.17, 15) is 9.59 Å². The normalized spacial score (nSPS) is 28.9. The average Bonchev–Trinajstić information content (AvgIpc) is 2.55. The van der Waals surface area contributed by atoms with Gasteiger partial charge in [-0.2, -0.15) is 0 Å². The van der Waals surface area contributed by atoms with Crippen LogP contribution in [0.25, 0.3) is 0 Å². The summed E-state index contributed by atoms with van der Waals surface area (Å²) >= 11 is 0. The zero-order valence-electron chi connectivity index (χ0n) is 20.2. The molecule has 0 radical (unpaired) electrons. The van der Waals surface area contributed by atoms with Crippen molar-refractivity contribution in [3.05, 3.63) is 34.3 Å². The molecular formula is C25H40O3Si. The smallest absolute Gasteiger partial charge is 0.169 e. The third-order valence-electron chi connectivity index (χ3n) is 6.92. The van der Waals surface area contributed by atoms with Crippen LogP contribution in [0.5, 0.6) is 0 Å². The molecule has 2 aliphatic carbocycles. The van der Waals surface area contributed by atoms with Gasteiger partial charge in [0, 0.05) is 5.20 Å². The van der Waals surface area contributed by atoms with Crippen molar-refractivity contribution in [1.82, 2.24) is 0 Å². The SMILES string of the molecule is COC1=C([Si](C)(C)C)C(=O)[C@H]2C(=O)[C@]1(CC=C(C)C)C[C@H](CC=C(C)C)C2(C)C. The van der Waals surface area contributed by atoms with E-state index in [0.717, 1.165) is 18.0 Å². The van der Waals surface area contributed by atoms with Gasteiger partial charge in [0.2, 0.25) is 0 Å². The summed E-state index contributed by atoms with van der Waals surface area (Å²) in [5.41, 5.74) is 1.39. The van der Waals surface area contributed by atoms with Crippen molar-refractivity contribution in [1.29, 1.82) is 0 Å². The highest BCUT2D eigenvalue weighted by molar-refractivity contribution is 6.87. The number of carbonyl (C=O) groups excluding carboxylic acids is 2. The van der Waals surface area contributed by atoms with Crippen molar-refractivity contribution in [3.63, 3.8) is 0 Å². The van der Waals surface area contributed by atoms with Gasteiger partial charge in [0.1, 0.15) is 5.76 Å². The number of Topliss-reactive ketones (excluding diaryl/α,β-unsaturated/α-hetero) is 2. The largest absolute Gasteiger partial charge is 0.500 e. The molecule has 0 amide bonds. The second kappa shape index (κ2) is 8.01. The van der Waals surface area contributed by atoms with Crippen LogP contribution in [0, 0.1) is 22.7 Å². The molecule has 0 N–H and O–H groups in total. The summed E-state index contributed by atoms with van der Waals surface area (Å²) in [7, 11) is -0.359. The van der Waals surface area contributed by atoms with Gasteiger partial charge in [0.15, 0.2) is 11.6 Å². The van der Waals surface area contributed by atoms with Gasteiger partial charge in [-0.25, -0.2) is 0 Å². The molecule has 0 heterocycles. The van der Waals surface area contributed by atoms with E-state index in [1.165, 1.54) is 11.1 Å². The Labute approximate surface area is 178 Å². The highest BCUT2D eigenvalue weighted by atomic mass is 28.3. The standard InChI is InChI=1S/C25H40O3Si/c1-16(2)11-12-18-15-25(14-13-17(3)4)22(27)19(24(18,5)6)20(26)21(23(25)28-7)29(8,9)10/h11,13,18-19H,12,14-15H2,1-10H3/t18-,19-,25-/m0/s1. The first kappa shape index (κ1) is 23.9. The van der Waals surface area contributed by atoms with Crippen LogP contribution in [0.2, 0.25) is 19.6 Å². The molecule has 2 bridgehead atoms. The van der Waals surface area contributed by atoms with Gasteiger partial charge in [-0.1, -0.05) is 56.8 Å². The van der Waals surface area contributed by atoms with Crippen molar-refractivity contribution in [3.8, 4) is 0 Å². The van der Waals surface area contributed by atoms with Crippen molar-refractivity contribution in [2.24, 2.45) is 22.7 Å². The predicted octanol–water partition coefficient (Wildman–Crippen LogP) is 6.28. The molecule has 2 rings (SSSR count). The molecule has 0 aromatic heterocycles. The highest BCUT2D eigenvalue weighted by Crippen LogP contribution is 2.60. The zero-order valence-corrected chi connectivity index (χ0v) is 21.2. The van der Waals surface area contributed by atoms with Crippen LogP contribution >= 0.6 is 0 Å². The quantitative estimate of drug-likeness (QED) is 0.291. The Morgan fingerprint density at radius 3 is 2.07 bits per heavy atom. The van der Waals surface area contributed by atoms with Crippen LogP contribution in [0.15, 0.2) is 34.3 Å². The number of hydrogen-bond donors (Lipinski definition) is 0. The van der Waals surface area contributed by atoms with Crippen molar-refractivity contribution in [2.75, 3.05) is 7.11 Å². The number of carbonyl (C=O) groups is 2. The molecule has 0 aliphatic heterocycles. The molecule has 0 aromatic carbocycles. The van der Waals surface area contributed by atoms with E-state index >= 15 is 0 Å². The van der Waals surface area contributed by atoms with Crippen LogP contribution in [-0.4, -0.2) is 26.8 Å². The van der Waals surface area contributed by atoms with Crippen molar-refractivity contribution >= 4 is 19.6 Å². The van der Waals surface area contributed by atoms with Crippen LogP contribution in [-0.2, 0) is 14.3 Å². The number of methoxy groups -OCH3 is 1. The lowest BCUT2D eigenvalue weighted by molar-refractivity contribution is -0.155. The van der Waals surface area contributed by atoms with Gasteiger partial charge < -0.3 is 4.74 Å². The number of fused-ring (bicyclic) bond motifs is 2. The third-order valence-corrected chi connectivity index (χ3v) is 8.89. The third kappa shape index (κ3) is 4.10. The van der Waals surface area contributed by atoms with E-state index in [2.05, 4.69) is 73.3 Å². The van der Waals surface area contributed by atoms with E-state index in [1.54, 1.807) is 7.11 Å². The fourth-order valence-electron chi connectivity index (χ4n) is 5.22. The molecule has 162 valence electrons. The van der Waals surface area contributed by atoms with Crippen LogP contribution < -0.4 is 0 Å². The number of allylic oxidation sites excluding steroid dienone is 6. The van der Waals surface area contributed by atoms with Crippen molar-refractivity contribution < 1.29 is 14.3 Å². The zero-order chi connectivity index (χ0) is 22.4. The Balaban J connectivity index is 2.82. The Morgan fingerprint density at radius 1 is 1.07 bits per heavy atom. The van der Waals surface area contributed by atoms with Gasteiger partial charge in [-0.05, 0) is 58.3 Å². The molecule has 0 saturated heterocycles. The van der Waals surface area contributed by atoms with Gasteiger partial charge >= 0.3 is 0 Å². The van der Waals surface area contributed by atoms with Crippen LogP contribution in [0.4, 0.5) is 0 Å². The fourth-order valence-corrected chi connectivity index (χ4v) is 7.12. The Kier molecular flexibility index (Phi) is 6.59. The summed E-state index contributed by atoms with van der Waals surface area (Å²) < 4.78 is 5.96. The van der Waals surface area contributed by atoms with Crippen LogP contribution in [0.3, 0.4) is 0 Å².